The fraction of sp³-hybridized carbons (Fsp3) is 1.00. The lowest BCUT2D eigenvalue weighted by atomic mass is 9.81. The highest BCUT2D eigenvalue weighted by Gasteiger charge is 2.38. The minimum absolute atomic E-state index is 0.169. The van der Waals surface area contributed by atoms with Gasteiger partial charge in [0.1, 0.15) is 0 Å². The Hall–Kier alpha value is -0.130. The molecule has 2 fully saturated rings. The van der Waals surface area contributed by atoms with Crippen molar-refractivity contribution in [2.24, 2.45) is 11.3 Å². The van der Waals surface area contributed by atoms with Crippen LogP contribution < -0.4 is 5.32 Å². The Morgan fingerprint density at radius 3 is 2.50 bits per heavy atom. The Kier molecular flexibility index (Phi) is 3.29. The molecule has 0 saturated carbocycles. The zero-order chi connectivity index (χ0) is 11.8. The van der Waals surface area contributed by atoms with Crippen LogP contribution in [0.25, 0.3) is 0 Å². The van der Waals surface area contributed by atoms with Crippen LogP contribution in [-0.4, -0.2) is 44.7 Å². The number of rotatable bonds is 2. The van der Waals surface area contributed by atoms with Crippen LogP contribution in [0.2, 0.25) is 0 Å². The van der Waals surface area contributed by atoms with Crippen LogP contribution in [0.5, 0.6) is 0 Å². The molecule has 94 valence electrons. The van der Waals surface area contributed by atoms with E-state index in [-0.39, 0.29) is 11.3 Å². The van der Waals surface area contributed by atoms with Gasteiger partial charge in [-0.2, -0.15) is 0 Å². The lowest BCUT2D eigenvalue weighted by Crippen LogP contribution is -2.43. The van der Waals surface area contributed by atoms with Crippen molar-refractivity contribution in [3.63, 3.8) is 0 Å². The minimum atomic E-state index is -2.96. The van der Waals surface area contributed by atoms with E-state index >= 15 is 0 Å². The summed E-state index contributed by atoms with van der Waals surface area (Å²) in [5.41, 5.74) is 0.169. The van der Waals surface area contributed by atoms with E-state index in [2.05, 4.69) is 12.2 Å². The topological polar surface area (TPSA) is 49.4 Å². The Bertz CT molecular complexity index is 347. The zero-order valence-electron chi connectivity index (χ0n) is 10.2. The Morgan fingerprint density at radius 1 is 1.38 bits per heavy atom. The first-order valence-corrected chi connectivity index (χ1v) is 7.71. The predicted molar refractivity (Wildman–Crippen MR) is 64.7 cm³/mol. The van der Waals surface area contributed by atoms with E-state index in [1.807, 2.05) is 6.92 Å². The van der Waals surface area contributed by atoms with Crippen LogP contribution in [0.15, 0.2) is 0 Å². The van der Waals surface area contributed by atoms with Crippen molar-refractivity contribution in [2.45, 2.75) is 26.7 Å². The monoisotopic (exact) mass is 246 g/mol. The molecule has 5 heteroatoms. The number of sulfonamides is 1. The molecule has 1 unspecified atom stereocenters. The molecule has 2 aliphatic heterocycles. The molecule has 0 amide bonds. The lowest BCUT2D eigenvalue weighted by Gasteiger charge is -2.36. The third-order valence-electron chi connectivity index (χ3n) is 3.77. The second-order valence-corrected chi connectivity index (χ2v) is 7.75. The SMILES string of the molecule is CC1CN(CC2(C)CCNCC2)S(=O)(=O)C1. The van der Waals surface area contributed by atoms with Gasteiger partial charge < -0.3 is 5.32 Å². The molecule has 0 aromatic heterocycles. The van der Waals surface area contributed by atoms with Gasteiger partial charge in [-0.05, 0) is 37.3 Å². The predicted octanol–water partition coefficient (Wildman–Crippen LogP) is 0.658. The highest BCUT2D eigenvalue weighted by atomic mass is 32.2. The van der Waals surface area contributed by atoms with Crippen molar-refractivity contribution in [1.29, 1.82) is 0 Å². The van der Waals surface area contributed by atoms with Crippen molar-refractivity contribution in [3.05, 3.63) is 0 Å². The molecule has 0 aromatic rings. The second kappa shape index (κ2) is 4.27. The average molecular weight is 246 g/mol. The molecule has 1 atom stereocenters. The number of nitrogens with zero attached hydrogens (tertiary/aromatic N) is 1. The van der Waals surface area contributed by atoms with E-state index in [9.17, 15) is 8.42 Å². The normalized spacial score (nSPS) is 34.0. The first kappa shape index (κ1) is 12.3. The van der Waals surface area contributed by atoms with Gasteiger partial charge in [-0.3, -0.25) is 0 Å². The zero-order valence-corrected chi connectivity index (χ0v) is 11.0. The molecule has 2 rings (SSSR count). The summed E-state index contributed by atoms with van der Waals surface area (Å²) in [5, 5.41) is 3.33. The van der Waals surface area contributed by atoms with E-state index < -0.39 is 10.0 Å². The summed E-state index contributed by atoms with van der Waals surface area (Å²) in [7, 11) is -2.96. The quantitative estimate of drug-likeness (QED) is 0.778. The van der Waals surface area contributed by atoms with Gasteiger partial charge in [0.25, 0.3) is 0 Å². The van der Waals surface area contributed by atoms with Gasteiger partial charge in [0.2, 0.25) is 10.0 Å². The van der Waals surface area contributed by atoms with Crippen LogP contribution in [0, 0.1) is 11.3 Å². The van der Waals surface area contributed by atoms with Gasteiger partial charge in [-0.25, -0.2) is 12.7 Å². The van der Waals surface area contributed by atoms with Crippen molar-refractivity contribution < 1.29 is 8.42 Å². The maximum Gasteiger partial charge on any atom is 0.214 e. The standard InChI is InChI=1S/C11H22N2O2S/c1-10-7-13(16(14,15)8-10)9-11(2)3-5-12-6-4-11/h10,12H,3-9H2,1-2H3. The van der Waals surface area contributed by atoms with Gasteiger partial charge >= 0.3 is 0 Å². The molecule has 2 heterocycles. The maximum absolute atomic E-state index is 11.9. The molecule has 0 aromatic carbocycles. The summed E-state index contributed by atoms with van der Waals surface area (Å²) in [6.07, 6.45) is 2.15. The Morgan fingerprint density at radius 2 is 2.00 bits per heavy atom. The summed E-state index contributed by atoms with van der Waals surface area (Å²) >= 11 is 0. The number of hydrogen-bond donors (Lipinski definition) is 1. The maximum atomic E-state index is 11.9. The van der Waals surface area contributed by atoms with E-state index in [0.717, 1.165) is 25.9 Å². The first-order valence-electron chi connectivity index (χ1n) is 6.10. The van der Waals surface area contributed by atoms with Gasteiger partial charge in [0.05, 0.1) is 5.75 Å². The molecule has 2 saturated heterocycles. The molecule has 1 N–H and O–H groups in total. The van der Waals surface area contributed by atoms with Crippen LogP contribution in [0.3, 0.4) is 0 Å². The third kappa shape index (κ3) is 2.57. The van der Waals surface area contributed by atoms with Gasteiger partial charge in [0.15, 0.2) is 0 Å². The van der Waals surface area contributed by atoms with Crippen LogP contribution in [-0.2, 0) is 10.0 Å². The fourth-order valence-electron chi connectivity index (χ4n) is 2.76. The summed E-state index contributed by atoms with van der Waals surface area (Å²) in [6, 6.07) is 0. The third-order valence-corrected chi connectivity index (χ3v) is 5.83. The molecule has 16 heavy (non-hydrogen) atoms. The fourth-order valence-corrected chi connectivity index (χ4v) is 4.78. The molecular weight excluding hydrogens is 224 g/mol. The van der Waals surface area contributed by atoms with Gasteiger partial charge in [0, 0.05) is 13.1 Å². The summed E-state index contributed by atoms with van der Waals surface area (Å²) < 4.78 is 25.5. The van der Waals surface area contributed by atoms with Gasteiger partial charge in [-0.15, -0.1) is 0 Å². The van der Waals surface area contributed by atoms with E-state index in [4.69, 9.17) is 0 Å². The van der Waals surface area contributed by atoms with E-state index in [0.29, 0.717) is 18.8 Å². The molecular formula is C11H22N2O2S. The summed E-state index contributed by atoms with van der Waals surface area (Å²) in [4.78, 5) is 0. The molecule has 2 aliphatic rings. The van der Waals surface area contributed by atoms with E-state index in [1.54, 1.807) is 4.31 Å². The van der Waals surface area contributed by atoms with Crippen LogP contribution in [0.1, 0.15) is 26.7 Å². The number of piperidine rings is 1. The highest BCUT2D eigenvalue weighted by Crippen LogP contribution is 2.32. The van der Waals surface area contributed by atoms with Gasteiger partial charge in [-0.1, -0.05) is 13.8 Å². The summed E-state index contributed by atoms with van der Waals surface area (Å²) in [5.74, 6) is 0.622. The smallest absolute Gasteiger partial charge is 0.214 e. The lowest BCUT2D eigenvalue weighted by molar-refractivity contribution is 0.179. The molecule has 0 spiro atoms. The Balaban J connectivity index is 2.04. The van der Waals surface area contributed by atoms with Crippen molar-refractivity contribution in [3.8, 4) is 0 Å². The molecule has 0 radical (unpaired) electrons. The average Bonchev–Trinajstić information content (AvgIpc) is 2.39. The first-order chi connectivity index (χ1) is 7.41. The van der Waals surface area contributed by atoms with Crippen molar-refractivity contribution >= 4 is 10.0 Å². The molecule has 0 bridgehead atoms. The minimum Gasteiger partial charge on any atom is -0.317 e. The van der Waals surface area contributed by atoms with Crippen LogP contribution >= 0.6 is 0 Å². The van der Waals surface area contributed by atoms with E-state index in [1.165, 1.54) is 0 Å². The molecule has 0 aliphatic carbocycles. The highest BCUT2D eigenvalue weighted by molar-refractivity contribution is 7.89. The second-order valence-electron chi connectivity index (χ2n) is 5.74. The largest absolute Gasteiger partial charge is 0.317 e. The molecule has 4 nitrogen and oxygen atoms in total. The van der Waals surface area contributed by atoms with Crippen LogP contribution in [0.4, 0.5) is 0 Å². The van der Waals surface area contributed by atoms with Crippen molar-refractivity contribution in [1.82, 2.24) is 9.62 Å². The Labute approximate surface area is 98.4 Å². The summed E-state index contributed by atoms with van der Waals surface area (Å²) in [6.45, 7) is 7.68. The van der Waals surface area contributed by atoms with Crippen molar-refractivity contribution in [2.75, 3.05) is 31.9 Å². The number of hydrogen-bond acceptors (Lipinski definition) is 3. The number of nitrogens with one attached hydrogen (secondary N) is 1.